The number of hydrogen-bond acceptors (Lipinski definition) is 4. The topological polar surface area (TPSA) is 79.3 Å². The van der Waals surface area contributed by atoms with Gasteiger partial charge in [-0.2, -0.15) is 0 Å². The van der Waals surface area contributed by atoms with Crippen LogP contribution in [0, 0.1) is 5.82 Å². The SMILES string of the molecule is O=C1N=c2ccc(F)cc2=C1N=Nc1c(O)n(-c2ccccc2)c2ccccc12. The molecule has 140 valence electrons. The van der Waals surface area contributed by atoms with Gasteiger partial charge in [0.2, 0.25) is 5.88 Å². The maximum absolute atomic E-state index is 13.6. The number of benzene rings is 3. The first kappa shape index (κ1) is 17.0. The smallest absolute Gasteiger partial charge is 0.298 e. The van der Waals surface area contributed by atoms with Crippen LogP contribution in [0.3, 0.4) is 0 Å². The lowest BCUT2D eigenvalue weighted by molar-refractivity contribution is -0.112. The number of azo groups is 1. The van der Waals surface area contributed by atoms with E-state index in [1.807, 2.05) is 54.6 Å². The normalized spacial score (nSPS) is 13.3. The van der Waals surface area contributed by atoms with Crippen LogP contribution in [0.15, 0.2) is 88.0 Å². The summed E-state index contributed by atoms with van der Waals surface area (Å²) in [4.78, 5) is 16.1. The second-order valence-electron chi connectivity index (χ2n) is 6.49. The van der Waals surface area contributed by atoms with Crippen molar-refractivity contribution >= 4 is 28.2 Å². The predicted molar refractivity (Wildman–Crippen MR) is 105 cm³/mol. The van der Waals surface area contributed by atoms with Crippen LogP contribution in [0.5, 0.6) is 5.88 Å². The van der Waals surface area contributed by atoms with Gasteiger partial charge in [-0.15, -0.1) is 10.2 Å². The Hall–Kier alpha value is -4.13. The first-order valence-electron chi connectivity index (χ1n) is 8.86. The second-order valence-corrected chi connectivity index (χ2v) is 6.49. The number of para-hydroxylation sites is 2. The number of carbonyl (C=O) groups is 1. The van der Waals surface area contributed by atoms with Crippen molar-refractivity contribution in [3.63, 3.8) is 0 Å². The van der Waals surface area contributed by atoms with Gasteiger partial charge in [-0.1, -0.05) is 36.4 Å². The molecule has 6 nitrogen and oxygen atoms in total. The van der Waals surface area contributed by atoms with Gasteiger partial charge in [0.15, 0.2) is 11.4 Å². The van der Waals surface area contributed by atoms with Gasteiger partial charge in [0.05, 0.1) is 10.9 Å². The predicted octanol–water partition coefficient (Wildman–Crippen LogP) is 3.53. The fourth-order valence-corrected chi connectivity index (χ4v) is 3.42. The molecule has 0 spiro atoms. The van der Waals surface area contributed by atoms with E-state index in [0.29, 0.717) is 10.7 Å². The van der Waals surface area contributed by atoms with Crippen LogP contribution in [0.2, 0.25) is 0 Å². The summed E-state index contributed by atoms with van der Waals surface area (Å²) in [5, 5.41) is 20.4. The molecular weight excluding hydrogens is 371 g/mol. The molecule has 3 aromatic carbocycles. The van der Waals surface area contributed by atoms with E-state index in [-0.39, 0.29) is 22.5 Å². The minimum atomic E-state index is -0.597. The van der Waals surface area contributed by atoms with Crippen LogP contribution in [0.1, 0.15) is 0 Å². The third kappa shape index (κ3) is 2.71. The number of aromatic hydroxyl groups is 1. The summed E-state index contributed by atoms with van der Waals surface area (Å²) in [7, 11) is 0. The van der Waals surface area contributed by atoms with E-state index in [2.05, 4.69) is 15.2 Å². The molecule has 0 atom stereocenters. The largest absolute Gasteiger partial charge is 0.493 e. The maximum Gasteiger partial charge on any atom is 0.298 e. The Labute approximate surface area is 163 Å². The zero-order chi connectivity index (χ0) is 20.0. The number of carbonyl (C=O) groups excluding carboxylic acids is 1. The van der Waals surface area contributed by atoms with E-state index in [0.717, 1.165) is 11.2 Å². The first-order chi connectivity index (χ1) is 14.1. The van der Waals surface area contributed by atoms with Gasteiger partial charge in [0.1, 0.15) is 5.82 Å². The summed E-state index contributed by atoms with van der Waals surface area (Å²) >= 11 is 0. The van der Waals surface area contributed by atoms with Crippen molar-refractivity contribution < 1.29 is 14.3 Å². The zero-order valence-corrected chi connectivity index (χ0v) is 15.0. The lowest BCUT2D eigenvalue weighted by atomic mass is 10.2. The molecular formula is C22H13FN4O2. The number of aromatic nitrogens is 1. The third-order valence-electron chi connectivity index (χ3n) is 4.73. The summed E-state index contributed by atoms with van der Waals surface area (Å²) in [6, 6.07) is 20.5. The minimum Gasteiger partial charge on any atom is -0.493 e. The van der Waals surface area contributed by atoms with E-state index in [4.69, 9.17) is 0 Å². The molecule has 0 bridgehead atoms. The molecule has 5 rings (SSSR count). The first-order valence-corrected chi connectivity index (χ1v) is 8.86. The molecule has 0 fully saturated rings. The molecule has 29 heavy (non-hydrogen) atoms. The summed E-state index contributed by atoms with van der Waals surface area (Å²) in [6.45, 7) is 0. The van der Waals surface area contributed by atoms with Gasteiger partial charge in [-0.25, -0.2) is 9.38 Å². The quantitative estimate of drug-likeness (QED) is 0.549. The number of halogens is 1. The summed E-state index contributed by atoms with van der Waals surface area (Å²) in [5.74, 6) is -1.20. The fraction of sp³-hybridized carbons (Fsp3) is 0. The van der Waals surface area contributed by atoms with Crippen LogP contribution < -0.4 is 10.6 Å². The molecule has 0 saturated heterocycles. The summed E-state index contributed by atoms with van der Waals surface area (Å²) in [6.07, 6.45) is 0. The molecule has 1 aliphatic rings. The second kappa shape index (κ2) is 6.49. The summed E-state index contributed by atoms with van der Waals surface area (Å²) < 4.78 is 15.3. The molecule has 1 N–H and O–H groups in total. The highest BCUT2D eigenvalue weighted by Crippen LogP contribution is 2.41. The lowest BCUT2D eigenvalue weighted by Crippen LogP contribution is -2.22. The molecule has 4 aromatic rings. The van der Waals surface area contributed by atoms with Gasteiger partial charge in [-0.05, 0) is 36.4 Å². The third-order valence-corrected chi connectivity index (χ3v) is 4.73. The number of fused-ring (bicyclic) bond motifs is 2. The molecule has 1 amide bonds. The van der Waals surface area contributed by atoms with Crippen LogP contribution in [-0.2, 0) is 4.79 Å². The number of nitrogens with zero attached hydrogens (tertiary/aromatic N) is 4. The molecule has 0 saturated carbocycles. The Morgan fingerprint density at radius 2 is 1.69 bits per heavy atom. The van der Waals surface area contributed by atoms with Gasteiger partial charge >= 0.3 is 0 Å². The van der Waals surface area contributed by atoms with Crippen LogP contribution in [0.25, 0.3) is 22.3 Å². The van der Waals surface area contributed by atoms with Gasteiger partial charge in [-0.3, -0.25) is 9.36 Å². The van der Waals surface area contributed by atoms with E-state index in [1.54, 1.807) is 4.57 Å². The van der Waals surface area contributed by atoms with Gasteiger partial charge in [0.25, 0.3) is 5.91 Å². The van der Waals surface area contributed by atoms with Crippen molar-refractivity contribution in [3.05, 3.63) is 89.2 Å². The zero-order valence-electron chi connectivity index (χ0n) is 15.0. The Morgan fingerprint density at radius 1 is 0.931 bits per heavy atom. The van der Waals surface area contributed by atoms with Gasteiger partial charge < -0.3 is 5.11 Å². The van der Waals surface area contributed by atoms with E-state index < -0.39 is 11.7 Å². The van der Waals surface area contributed by atoms with Crippen molar-refractivity contribution in [2.45, 2.75) is 0 Å². The molecule has 0 aliphatic carbocycles. The fourth-order valence-electron chi connectivity index (χ4n) is 3.42. The van der Waals surface area contributed by atoms with Crippen molar-refractivity contribution in [2.24, 2.45) is 15.2 Å². The van der Waals surface area contributed by atoms with Crippen LogP contribution in [-0.4, -0.2) is 15.6 Å². The lowest BCUT2D eigenvalue weighted by Gasteiger charge is -2.06. The Kier molecular flexibility index (Phi) is 3.80. The number of hydrogen-bond donors (Lipinski definition) is 1. The monoisotopic (exact) mass is 384 g/mol. The number of amides is 1. The van der Waals surface area contributed by atoms with Gasteiger partial charge in [0, 0.05) is 16.3 Å². The molecule has 2 heterocycles. The van der Waals surface area contributed by atoms with Crippen LogP contribution >= 0.6 is 0 Å². The van der Waals surface area contributed by atoms with E-state index in [9.17, 15) is 14.3 Å². The molecule has 1 aliphatic heterocycles. The Balaban J connectivity index is 1.72. The highest BCUT2D eigenvalue weighted by Gasteiger charge is 2.20. The Morgan fingerprint density at radius 3 is 2.52 bits per heavy atom. The summed E-state index contributed by atoms with van der Waals surface area (Å²) in [5.41, 5.74) is 1.66. The van der Waals surface area contributed by atoms with E-state index in [1.165, 1.54) is 18.2 Å². The molecule has 0 unspecified atom stereocenters. The van der Waals surface area contributed by atoms with E-state index >= 15 is 0 Å². The Bertz CT molecular complexity index is 1440. The maximum atomic E-state index is 13.6. The van der Waals surface area contributed by atoms with Crippen molar-refractivity contribution in [1.29, 1.82) is 0 Å². The average Bonchev–Trinajstić information content (AvgIpc) is 3.19. The number of rotatable bonds is 3. The average molecular weight is 384 g/mol. The minimum absolute atomic E-state index is 0.0598. The van der Waals surface area contributed by atoms with Crippen molar-refractivity contribution in [2.75, 3.05) is 0 Å². The molecule has 1 aromatic heterocycles. The molecule has 7 heteroatoms. The highest BCUT2D eigenvalue weighted by molar-refractivity contribution is 6.14. The van der Waals surface area contributed by atoms with Crippen molar-refractivity contribution in [3.8, 4) is 11.6 Å². The molecule has 0 radical (unpaired) electrons. The van der Waals surface area contributed by atoms with Crippen molar-refractivity contribution in [1.82, 2.24) is 4.57 Å². The van der Waals surface area contributed by atoms with Crippen LogP contribution in [0.4, 0.5) is 10.1 Å². The highest BCUT2D eigenvalue weighted by atomic mass is 19.1. The standard InChI is InChI=1S/C22H13FN4O2/c23-13-10-11-17-16(12-13)19(21(28)24-17)25-26-20-15-8-4-5-9-18(15)27(22(20)29)14-6-2-1-3-7-14/h1-12,29H.